The number of hydrogen-bond acceptors (Lipinski definition) is 2. The summed E-state index contributed by atoms with van der Waals surface area (Å²) in [7, 11) is -3.34. The van der Waals surface area contributed by atoms with Crippen LogP contribution in [-0.2, 0) is 10.0 Å². The highest BCUT2D eigenvalue weighted by atomic mass is 32.2. The fourth-order valence-corrected chi connectivity index (χ4v) is 6.06. The van der Waals surface area contributed by atoms with Crippen molar-refractivity contribution in [3.05, 3.63) is 29.8 Å². The number of rotatable bonds is 6. The number of hydrogen-bond donors (Lipinski definition) is 0. The Bertz CT molecular complexity index is 623. The third kappa shape index (κ3) is 3.48. The summed E-state index contributed by atoms with van der Waals surface area (Å²) in [6.07, 6.45) is 8.23. The standard InChI is InChI=1S/C19H29NO2S/c1-3-4-5-6-17-14-20(18-10-9-16(17)13-18)23(21,22)19-11-7-15(2)8-12-19/h7-8,11-12,16-18H,3-6,9-10,13-14H2,1-2H3. The normalized spacial score (nSPS) is 28.2. The first-order chi connectivity index (χ1) is 11.0. The lowest BCUT2D eigenvalue weighted by atomic mass is 9.84. The van der Waals surface area contributed by atoms with E-state index >= 15 is 0 Å². The number of nitrogens with zero attached hydrogens (tertiary/aromatic N) is 1. The van der Waals surface area contributed by atoms with E-state index in [4.69, 9.17) is 0 Å². The Morgan fingerprint density at radius 3 is 2.57 bits per heavy atom. The molecule has 2 aliphatic rings. The van der Waals surface area contributed by atoms with Crippen molar-refractivity contribution in [2.24, 2.45) is 11.8 Å². The fraction of sp³-hybridized carbons (Fsp3) is 0.684. The third-order valence-corrected chi connectivity index (χ3v) is 7.67. The summed E-state index contributed by atoms with van der Waals surface area (Å²) in [4.78, 5) is 0.459. The maximum Gasteiger partial charge on any atom is 0.243 e. The van der Waals surface area contributed by atoms with E-state index in [1.807, 2.05) is 23.4 Å². The minimum atomic E-state index is -3.34. The van der Waals surface area contributed by atoms with Crippen LogP contribution in [0.2, 0.25) is 0 Å². The van der Waals surface area contributed by atoms with E-state index in [1.54, 1.807) is 12.1 Å². The summed E-state index contributed by atoms with van der Waals surface area (Å²) in [6, 6.07) is 7.55. The van der Waals surface area contributed by atoms with Crippen molar-refractivity contribution < 1.29 is 8.42 Å². The summed E-state index contributed by atoms with van der Waals surface area (Å²) in [5, 5.41) is 0. The highest BCUT2D eigenvalue weighted by Gasteiger charge is 2.44. The topological polar surface area (TPSA) is 37.4 Å². The summed E-state index contributed by atoms with van der Waals surface area (Å²) in [5.74, 6) is 1.31. The fourth-order valence-electron chi connectivity index (χ4n) is 4.33. The zero-order chi connectivity index (χ0) is 16.4. The highest BCUT2D eigenvalue weighted by molar-refractivity contribution is 7.89. The molecule has 1 saturated heterocycles. The van der Waals surface area contributed by atoms with Crippen LogP contribution in [0.3, 0.4) is 0 Å². The summed E-state index contributed by atoms with van der Waals surface area (Å²) in [5.41, 5.74) is 1.10. The van der Waals surface area contributed by atoms with Crippen LogP contribution in [-0.4, -0.2) is 25.3 Å². The Labute approximate surface area is 141 Å². The van der Waals surface area contributed by atoms with Gasteiger partial charge in [-0.25, -0.2) is 8.42 Å². The molecule has 0 aromatic heterocycles. The minimum Gasteiger partial charge on any atom is -0.207 e. The average Bonchev–Trinajstić information content (AvgIpc) is 2.94. The maximum absolute atomic E-state index is 13.1. The van der Waals surface area contributed by atoms with Crippen molar-refractivity contribution in [2.45, 2.75) is 69.7 Å². The Morgan fingerprint density at radius 1 is 1.13 bits per heavy atom. The molecule has 1 aromatic rings. The van der Waals surface area contributed by atoms with Gasteiger partial charge in [0, 0.05) is 12.6 Å². The van der Waals surface area contributed by atoms with E-state index in [1.165, 1.54) is 32.1 Å². The number of unbranched alkanes of at least 4 members (excludes halogenated alkanes) is 2. The smallest absolute Gasteiger partial charge is 0.207 e. The van der Waals surface area contributed by atoms with Gasteiger partial charge in [-0.3, -0.25) is 0 Å². The molecular weight excluding hydrogens is 306 g/mol. The third-order valence-electron chi connectivity index (χ3n) is 5.74. The minimum absolute atomic E-state index is 0.230. The molecule has 0 radical (unpaired) electrons. The number of piperidine rings is 1. The Morgan fingerprint density at radius 2 is 1.87 bits per heavy atom. The van der Waals surface area contributed by atoms with Crippen molar-refractivity contribution in [3.8, 4) is 0 Å². The molecule has 0 spiro atoms. The van der Waals surface area contributed by atoms with Crippen LogP contribution in [0.4, 0.5) is 0 Å². The SMILES string of the molecule is CCCCCC1CN(S(=O)(=O)c2ccc(C)cc2)C2CCC1C2. The molecule has 1 aromatic carbocycles. The van der Waals surface area contributed by atoms with Crippen LogP contribution in [0.15, 0.2) is 29.2 Å². The van der Waals surface area contributed by atoms with Crippen LogP contribution in [0.5, 0.6) is 0 Å². The van der Waals surface area contributed by atoms with Crippen LogP contribution in [0.25, 0.3) is 0 Å². The van der Waals surface area contributed by atoms with E-state index in [2.05, 4.69) is 6.92 Å². The van der Waals surface area contributed by atoms with Gasteiger partial charge in [-0.05, 0) is 56.6 Å². The van der Waals surface area contributed by atoms with Gasteiger partial charge in [0.25, 0.3) is 0 Å². The second-order valence-corrected chi connectivity index (χ2v) is 9.26. The molecule has 3 unspecified atom stereocenters. The molecule has 0 amide bonds. The monoisotopic (exact) mass is 335 g/mol. The molecule has 2 fully saturated rings. The van der Waals surface area contributed by atoms with Crippen molar-refractivity contribution in [1.82, 2.24) is 4.31 Å². The first-order valence-corrected chi connectivity index (χ1v) is 10.5. The van der Waals surface area contributed by atoms with Crippen LogP contribution in [0.1, 0.15) is 57.4 Å². The van der Waals surface area contributed by atoms with Gasteiger partial charge < -0.3 is 0 Å². The van der Waals surface area contributed by atoms with E-state index in [0.717, 1.165) is 30.9 Å². The predicted molar refractivity (Wildman–Crippen MR) is 93.8 cm³/mol. The van der Waals surface area contributed by atoms with Gasteiger partial charge in [0.05, 0.1) is 4.90 Å². The molecule has 3 rings (SSSR count). The van der Waals surface area contributed by atoms with E-state index in [0.29, 0.717) is 10.8 Å². The quantitative estimate of drug-likeness (QED) is 0.724. The molecule has 0 N–H and O–H groups in total. The lowest BCUT2D eigenvalue weighted by Gasteiger charge is -2.37. The van der Waals surface area contributed by atoms with E-state index < -0.39 is 10.0 Å². The van der Waals surface area contributed by atoms with Crippen molar-refractivity contribution >= 4 is 10.0 Å². The van der Waals surface area contributed by atoms with Gasteiger partial charge in [0.15, 0.2) is 0 Å². The molecule has 128 valence electrons. The Hall–Kier alpha value is -0.870. The largest absolute Gasteiger partial charge is 0.243 e. The van der Waals surface area contributed by atoms with Crippen molar-refractivity contribution in [2.75, 3.05) is 6.54 Å². The summed E-state index contributed by atoms with van der Waals surface area (Å²) < 4.78 is 28.0. The number of fused-ring (bicyclic) bond motifs is 2. The molecule has 4 heteroatoms. The first-order valence-electron chi connectivity index (χ1n) is 9.11. The zero-order valence-electron chi connectivity index (χ0n) is 14.4. The average molecular weight is 336 g/mol. The Kier molecular flexibility index (Phi) is 5.12. The summed E-state index contributed by atoms with van der Waals surface area (Å²) >= 11 is 0. The van der Waals surface area contributed by atoms with Crippen LogP contribution >= 0.6 is 0 Å². The molecule has 3 nitrogen and oxygen atoms in total. The Balaban J connectivity index is 1.79. The van der Waals surface area contributed by atoms with Gasteiger partial charge in [-0.15, -0.1) is 0 Å². The van der Waals surface area contributed by atoms with Crippen molar-refractivity contribution in [3.63, 3.8) is 0 Å². The number of benzene rings is 1. The molecule has 23 heavy (non-hydrogen) atoms. The van der Waals surface area contributed by atoms with Gasteiger partial charge in [0.2, 0.25) is 10.0 Å². The summed E-state index contributed by atoms with van der Waals surface area (Å²) in [6.45, 7) is 4.94. The lowest BCUT2D eigenvalue weighted by Crippen LogP contribution is -2.46. The molecule has 1 heterocycles. The molecule has 3 atom stereocenters. The van der Waals surface area contributed by atoms with Crippen LogP contribution in [0, 0.1) is 18.8 Å². The second-order valence-electron chi connectivity index (χ2n) is 7.37. The zero-order valence-corrected chi connectivity index (χ0v) is 15.2. The lowest BCUT2D eigenvalue weighted by molar-refractivity contribution is 0.173. The van der Waals surface area contributed by atoms with E-state index in [-0.39, 0.29) is 6.04 Å². The maximum atomic E-state index is 13.1. The highest BCUT2D eigenvalue weighted by Crippen LogP contribution is 2.44. The molecule has 1 saturated carbocycles. The van der Waals surface area contributed by atoms with Gasteiger partial charge >= 0.3 is 0 Å². The molecule has 1 aliphatic carbocycles. The van der Waals surface area contributed by atoms with Gasteiger partial charge in [0.1, 0.15) is 0 Å². The molecular formula is C19H29NO2S. The second kappa shape index (κ2) is 6.94. The molecule has 1 aliphatic heterocycles. The van der Waals surface area contributed by atoms with Crippen LogP contribution < -0.4 is 0 Å². The van der Waals surface area contributed by atoms with Gasteiger partial charge in [-0.2, -0.15) is 4.31 Å². The molecule has 2 bridgehead atoms. The number of aryl methyl sites for hydroxylation is 1. The number of sulfonamides is 1. The predicted octanol–water partition coefficient (Wildman–Crippen LogP) is 4.36. The van der Waals surface area contributed by atoms with E-state index in [9.17, 15) is 8.42 Å². The van der Waals surface area contributed by atoms with Gasteiger partial charge in [-0.1, -0.05) is 43.9 Å². The van der Waals surface area contributed by atoms with Crippen molar-refractivity contribution in [1.29, 1.82) is 0 Å². The first kappa shape index (κ1) is 17.0.